The zero-order valence-corrected chi connectivity index (χ0v) is 12.4. The Morgan fingerprint density at radius 3 is 2.72 bits per heavy atom. The zero-order chi connectivity index (χ0) is 13.3. The quantitative estimate of drug-likeness (QED) is 0.900. The lowest BCUT2D eigenvalue weighted by Gasteiger charge is -2.16. The van der Waals surface area contributed by atoms with Gasteiger partial charge in [0.2, 0.25) is 10.0 Å². The summed E-state index contributed by atoms with van der Waals surface area (Å²) >= 11 is 3.29. The molecule has 0 radical (unpaired) electrons. The Balaban J connectivity index is 2.33. The van der Waals surface area contributed by atoms with E-state index in [2.05, 4.69) is 15.9 Å². The Labute approximate surface area is 115 Å². The van der Waals surface area contributed by atoms with E-state index >= 15 is 0 Å². The van der Waals surface area contributed by atoms with E-state index in [1.807, 2.05) is 0 Å². The first-order valence-electron chi connectivity index (χ1n) is 5.54. The van der Waals surface area contributed by atoms with Crippen LogP contribution in [0, 0.1) is 0 Å². The van der Waals surface area contributed by atoms with Crippen molar-refractivity contribution in [2.75, 3.05) is 20.2 Å². The molecule has 0 unspecified atom stereocenters. The Kier molecular flexibility index (Phi) is 3.96. The standard InChI is InChI=1S/C11H15BrN2O3S/c1-17-11-3-2-9(6-10(11)12)18(15,16)14-5-4-8(13)7-14/h2-3,6,8H,4-5,7,13H2,1H3/t8-/m1/s1. The van der Waals surface area contributed by atoms with E-state index in [-0.39, 0.29) is 10.9 Å². The van der Waals surface area contributed by atoms with E-state index in [4.69, 9.17) is 10.5 Å². The Morgan fingerprint density at radius 1 is 1.50 bits per heavy atom. The molecule has 0 saturated carbocycles. The van der Waals surface area contributed by atoms with Crippen LogP contribution < -0.4 is 10.5 Å². The van der Waals surface area contributed by atoms with Crippen molar-refractivity contribution in [3.63, 3.8) is 0 Å². The molecule has 0 aliphatic carbocycles. The summed E-state index contributed by atoms with van der Waals surface area (Å²) in [7, 11) is -1.92. The average molecular weight is 335 g/mol. The number of hydrogen-bond acceptors (Lipinski definition) is 4. The van der Waals surface area contributed by atoms with Gasteiger partial charge in [0.05, 0.1) is 16.5 Å². The van der Waals surface area contributed by atoms with Crippen molar-refractivity contribution in [3.8, 4) is 5.75 Å². The lowest BCUT2D eigenvalue weighted by molar-refractivity contribution is 0.411. The molecule has 0 amide bonds. The Morgan fingerprint density at radius 2 is 2.22 bits per heavy atom. The minimum absolute atomic E-state index is 0.0681. The number of sulfonamides is 1. The van der Waals surface area contributed by atoms with Crippen LogP contribution in [0.3, 0.4) is 0 Å². The highest BCUT2D eigenvalue weighted by atomic mass is 79.9. The van der Waals surface area contributed by atoms with Gasteiger partial charge < -0.3 is 10.5 Å². The van der Waals surface area contributed by atoms with Gasteiger partial charge in [-0.25, -0.2) is 8.42 Å². The fraction of sp³-hybridized carbons (Fsp3) is 0.455. The molecular formula is C11H15BrN2O3S. The molecule has 18 heavy (non-hydrogen) atoms. The summed E-state index contributed by atoms with van der Waals surface area (Å²) < 4.78 is 31.8. The maximum Gasteiger partial charge on any atom is 0.243 e. The van der Waals surface area contributed by atoms with Gasteiger partial charge in [0.15, 0.2) is 0 Å². The Bertz CT molecular complexity index is 547. The third-order valence-corrected chi connectivity index (χ3v) is 5.43. The molecule has 2 N–H and O–H groups in total. The summed E-state index contributed by atoms with van der Waals surface area (Å²) in [6.45, 7) is 0.860. The highest BCUT2D eigenvalue weighted by Gasteiger charge is 2.31. The van der Waals surface area contributed by atoms with E-state index < -0.39 is 10.0 Å². The van der Waals surface area contributed by atoms with Gasteiger partial charge in [-0.1, -0.05) is 0 Å². The zero-order valence-electron chi connectivity index (χ0n) is 9.97. The smallest absolute Gasteiger partial charge is 0.243 e. The van der Waals surface area contributed by atoms with Crippen LogP contribution in [0.15, 0.2) is 27.6 Å². The van der Waals surface area contributed by atoms with Gasteiger partial charge in [-0.2, -0.15) is 4.31 Å². The van der Waals surface area contributed by atoms with Crippen LogP contribution >= 0.6 is 15.9 Å². The second-order valence-corrected chi connectivity index (χ2v) is 7.00. The molecule has 1 saturated heterocycles. The van der Waals surface area contributed by atoms with Gasteiger partial charge in [-0.3, -0.25) is 0 Å². The van der Waals surface area contributed by atoms with Crippen molar-refractivity contribution in [1.29, 1.82) is 0 Å². The number of nitrogens with zero attached hydrogens (tertiary/aromatic N) is 1. The fourth-order valence-corrected chi connectivity index (χ4v) is 4.16. The van der Waals surface area contributed by atoms with Crippen LogP contribution in [-0.2, 0) is 10.0 Å². The second-order valence-electron chi connectivity index (χ2n) is 4.21. The topological polar surface area (TPSA) is 72.6 Å². The van der Waals surface area contributed by atoms with Crippen molar-refractivity contribution in [1.82, 2.24) is 4.31 Å². The number of halogens is 1. The van der Waals surface area contributed by atoms with Crippen molar-refractivity contribution in [2.45, 2.75) is 17.4 Å². The summed E-state index contributed by atoms with van der Waals surface area (Å²) in [4.78, 5) is 0.254. The first-order chi connectivity index (χ1) is 8.45. The third kappa shape index (κ3) is 2.54. The number of hydrogen-bond donors (Lipinski definition) is 1. The van der Waals surface area contributed by atoms with Crippen LogP contribution in [0.2, 0.25) is 0 Å². The lowest BCUT2D eigenvalue weighted by atomic mass is 10.3. The second kappa shape index (κ2) is 5.16. The van der Waals surface area contributed by atoms with Crippen LogP contribution in [-0.4, -0.2) is 39.0 Å². The molecule has 2 rings (SSSR count). The molecule has 1 aliphatic heterocycles. The van der Waals surface area contributed by atoms with Crippen LogP contribution in [0.1, 0.15) is 6.42 Å². The number of nitrogens with two attached hydrogens (primary N) is 1. The molecule has 1 aromatic rings. The van der Waals surface area contributed by atoms with Crippen LogP contribution in [0.4, 0.5) is 0 Å². The van der Waals surface area contributed by atoms with Crippen LogP contribution in [0.25, 0.3) is 0 Å². The highest BCUT2D eigenvalue weighted by Crippen LogP contribution is 2.29. The third-order valence-electron chi connectivity index (χ3n) is 2.95. The minimum atomic E-state index is -3.45. The molecule has 7 heteroatoms. The first kappa shape index (κ1) is 13.8. The largest absolute Gasteiger partial charge is 0.496 e. The predicted octanol–water partition coefficient (Wildman–Crippen LogP) is 1.18. The van der Waals surface area contributed by atoms with Crippen LogP contribution in [0.5, 0.6) is 5.75 Å². The van der Waals surface area contributed by atoms with Gasteiger partial charge in [-0.15, -0.1) is 0 Å². The average Bonchev–Trinajstić information content (AvgIpc) is 2.76. The molecular weight excluding hydrogens is 320 g/mol. The summed E-state index contributed by atoms with van der Waals surface area (Å²) in [5.74, 6) is 0.604. The molecule has 1 aromatic carbocycles. The monoisotopic (exact) mass is 334 g/mol. The van der Waals surface area contributed by atoms with Crippen molar-refractivity contribution in [2.24, 2.45) is 5.73 Å². The molecule has 0 spiro atoms. The van der Waals surface area contributed by atoms with Crippen molar-refractivity contribution in [3.05, 3.63) is 22.7 Å². The normalized spacial score (nSPS) is 21.2. The molecule has 0 aromatic heterocycles. The summed E-state index contributed by atoms with van der Waals surface area (Å²) in [6, 6.07) is 4.66. The van der Waals surface area contributed by atoms with Gasteiger partial charge in [0.25, 0.3) is 0 Å². The molecule has 1 atom stereocenters. The number of rotatable bonds is 3. The number of ether oxygens (including phenoxy) is 1. The molecule has 0 bridgehead atoms. The molecule has 100 valence electrons. The molecule has 5 nitrogen and oxygen atoms in total. The molecule has 1 fully saturated rings. The van der Waals surface area contributed by atoms with E-state index in [0.29, 0.717) is 29.7 Å². The SMILES string of the molecule is COc1ccc(S(=O)(=O)N2CC[C@@H](N)C2)cc1Br. The van der Waals surface area contributed by atoms with Gasteiger partial charge in [-0.05, 0) is 40.5 Å². The van der Waals surface area contributed by atoms with E-state index in [1.54, 1.807) is 18.2 Å². The van der Waals surface area contributed by atoms with Crippen molar-refractivity contribution >= 4 is 26.0 Å². The molecule has 1 heterocycles. The maximum atomic E-state index is 12.3. The van der Waals surface area contributed by atoms with Gasteiger partial charge >= 0.3 is 0 Å². The summed E-state index contributed by atoms with van der Waals surface area (Å²) in [5.41, 5.74) is 5.74. The predicted molar refractivity (Wildman–Crippen MR) is 72.0 cm³/mol. The van der Waals surface area contributed by atoms with Gasteiger partial charge in [0, 0.05) is 19.1 Å². The number of methoxy groups -OCH3 is 1. The van der Waals surface area contributed by atoms with Gasteiger partial charge in [0.1, 0.15) is 5.75 Å². The first-order valence-corrected chi connectivity index (χ1v) is 7.77. The van der Waals surface area contributed by atoms with Crippen molar-refractivity contribution < 1.29 is 13.2 Å². The summed E-state index contributed by atoms with van der Waals surface area (Å²) in [5, 5.41) is 0. The fourth-order valence-electron chi connectivity index (χ4n) is 1.93. The highest BCUT2D eigenvalue weighted by molar-refractivity contribution is 9.10. The van der Waals surface area contributed by atoms with E-state index in [1.165, 1.54) is 11.4 Å². The number of benzene rings is 1. The Hall–Kier alpha value is -0.630. The van der Waals surface area contributed by atoms with E-state index in [0.717, 1.165) is 0 Å². The maximum absolute atomic E-state index is 12.3. The minimum Gasteiger partial charge on any atom is -0.496 e. The summed E-state index contributed by atoms with van der Waals surface area (Å²) in [6.07, 6.45) is 0.705. The lowest BCUT2D eigenvalue weighted by Crippen LogP contribution is -2.31. The molecule has 1 aliphatic rings. The van der Waals surface area contributed by atoms with E-state index in [9.17, 15) is 8.42 Å².